The maximum absolute atomic E-state index is 13.4. The van der Waals surface area contributed by atoms with Crippen LogP contribution in [0.1, 0.15) is 40.5 Å². The van der Waals surface area contributed by atoms with Crippen LogP contribution < -0.4 is 14.2 Å². The number of aliphatic hydroxyl groups excluding tert-OH is 2. The molecule has 0 spiro atoms. The lowest BCUT2D eigenvalue weighted by Crippen LogP contribution is -2.38. The Bertz CT molecular complexity index is 1560. The molecule has 0 unspecified atom stereocenters. The van der Waals surface area contributed by atoms with Gasteiger partial charge in [0.1, 0.15) is 22.7 Å². The van der Waals surface area contributed by atoms with Gasteiger partial charge in [-0.2, -0.15) is 0 Å². The van der Waals surface area contributed by atoms with Crippen LogP contribution in [-0.2, 0) is 23.9 Å². The van der Waals surface area contributed by atoms with Crippen LogP contribution in [0, 0.1) is 11.3 Å². The van der Waals surface area contributed by atoms with Gasteiger partial charge in [-0.25, -0.2) is 4.79 Å². The van der Waals surface area contributed by atoms with E-state index in [2.05, 4.69) is 6.58 Å². The summed E-state index contributed by atoms with van der Waals surface area (Å²) in [4.78, 5) is 37.5. The largest absolute Gasteiger partial charge is 0.493 e. The summed E-state index contributed by atoms with van der Waals surface area (Å²) in [5.41, 5.74) is 1.57. The molecule has 3 rings (SSSR count). The number of aliphatic hydroxyl groups is 2. The summed E-state index contributed by atoms with van der Waals surface area (Å²) in [7, 11) is 0. The summed E-state index contributed by atoms with van der Waals surface area (Å²) >= 11 is 1.53. The zero-order valence-corrected chi connectivity index (χ0v) is 29.6. The van der Waals surface area contributed by atoms with Crippen LogP contribution in [0.15, 0.2) is 77.7 Å². The van der Waals surface area contributed by atoms with Gasteiger partial charge in [-0.1, -0.05) is 44.7 Å². The number of hydrogen-bond donors (Lipinski definition) is 2. The lowest BCUT2D eigenvalue weighted by Gasteiger charge is -2.24. The second-order valence-corrected chi connectivity index (χ2v) is 12.9. The van der Waals surface area contributed by atoms with E-state index in [0.717, 1.165) is 16.0 Å². The molecule has 264 valence electrons. The molecule has 10 nitrogen and oxygen atoms in total. The lowest BCUT2D eigenvalue weighted by molar-refractivity contribution is -0.150. The molecule has 0 saturated heterocycles. The maximum Gasteiger partial charge on any atom is 0.333 e. The fraction of sp³-hybridized carbons (Fsp3) is 0.395. The molecule has 0 heterocycles. The van der Waals surface area contributed by atoms with Crippen LogP contribution in [-0.4, -0.2) is 74.0 Å². The van der Waals surface area contributed by atoms with Gasteiger partial charge in [0.25, 0.3) is 0 Å². The van der Waals surface area contributed by atoms with Crippen LogP contribution in [0.2, 0.25) is 0 Å². The summed E-state index contributed by atoms with van der Waals surface area (Å²) < 4.78 is 28.0. The molecule has 0 aliphatic carbocycles. The molecule has 3 aromatic rings. The monoisotopic (exact) mass is 694 g/mol. The molecule has 3 aromatic carbocycles. The number of esters is 3. The molecule has 49 heavy (non-hydrogen) atoms. The molecule has 0 atom stereocenters. The van der Waals surface area contributed by atoms with E-state index < -0.39 is 30.6 Å². The van der Waals surface area contributed by atoms with Crippen LogP contribution in [0.25, 0.3) is 22.3 Å². The zero-order valence-electron chi connectivity index (χ0n) is 28.8. The number of carbonyl (C=O) groups excluding carboxylic acids is 3. The highest BCUT2D eigenvalue weighted by Crippen LogP contribution is 2.43. The highest BCUT2D eigenvalue weighted by Gasteiger charge is 2.35. The van der Waals surface area contributed by atoms with Crippen molar-refractivity contribution in [3.05, 3.63) is 72.8 Å². The predicted molar refractivity (Wildman–Crippen MR) is 189 cm³/mol. The number of carbonyl (C=O) groups is 3. The molecule has 0 radical (unpaired) electrons. The minimum atomic E-state index is -1.52. The van der Waals surface area contributed by atoms with Crippen molar-refractivity contribution in [2.45, 2.75) is 45.4 Å². The number of rotatable bonds is 19. The Morgan fingerprint density at radius 3 is 1.67 bits per heavy atom. The highest BCUT2D eigenvalue weighted by atomic mass is 32.2. The van der Waals surface area contributed by atoms with Crippen LogP contribution in [0.4, 0.5) is 0 Å². The van der Waals surface area contributed by atoms with Crippen molar-refractivity contribution >= 4 is 29.7 Å². The fourth-order valence-corrected chi connectivity index (χ4v) is 4.71. The summed E-state index contributed by atoms with van der Waals surface area (Å²) in [6, 6.07) is 18.5. The van der Waals surface area contributed by atoms with E-state index in [4.69, 9.17) is 23.7 Å². The third-order valence-electron chi connectivity index (χ3n) is 7.43. The number of benzene rings is 3. The van der Waals surface area contributed by atoms with Crippen LogP contribution in [0.3, 0.4) is 0 Å². The SMILES string of the molecule is C=C(C)C(=O)OCCCOc1ccc(-c2cc(SC)cc(-c3ccc(OCCCOC(=O)C(C)C)cc3)c2OC(=O)C(C)(CO)CO)cc1. The topological polar surface area (TPSA) is 138 Å². The molecule has 0 bridgehead atoms. The van der Waals surface area contributed by atoms with Gasteiger partial charge in [0.2, 0.25) is 0 Å². The van der Waals surface area contributed by atoms with E-state index >= 15 is 0 Å². The van der Waals surface area contributed by atoms with E-state index in [9.17, 15) is 24.6 Å². The van der Waals surface area contributed by atoms with E-state index in [0.29, 0.717) is 54.3 Å². The summed E-state index contributed by atoms with van der Waals surface area (Å²) in [6.07, 6.45) is 3.00. The predicted octanol–water partition coefficient (Wildman–Crippen LogP) is 6.50. The Morgan fingerprint density at radius 1 is 0.796 bits per heavy atom. The minimum absolute atomic E-state index is 0.181. The minimum Gasteiger partial charge on any atom is -0.493 e. The van der Waals surface area contributed by atoms with Crippen molar-refractivity contribution in [1.29, 1.82) is 0 Å². The molecular weight excluding hydrogens is 648 g/mol. The molecule has 0 aromatic heterocycles. The molecule has 0 aliphatic heterocycles. The smallest absolute Gasteiger partial charge is 0.333 e. The molecule has 2 N–H and O–H groups in total. The van der Waals surface area contributed by atoms with Crippen molar-refractivity contribution in [3.8, 4) is 39.5 Å². The normalized spacial score (nSPS) is 11.2. The number of thioether (sulfide) groups is 1. The first-order valence-corrected chi connectivity index (χ1v) is 17.3. The Labute approximate surface area is 292 Å². The lowest BCUT2D eigenvalue weighted by atomic mass is 9.92. The molecule has 0 saturated carbocycles. The fourth-order valence-electron chi connectivity index (χ4n) is 4.24. The first-order valence-electron chi connectivity index (χ1n) is 16.0. The molecule has 11 heteroatoms. The van der Waals surface area contributed by atoms with Crippen molar-refractivity contribution < 1.29 is 48.3 Å². The summed E-state index contributed by atoms with van der Waals surface area (Å²) in [5, 5.41) is 19.8. The van der Waals surface area contributed by atoms with Crippen LogP contribution >= 0.6 is 11.8 Å². The van der Waals surface area contributed by atoms with Gasteiger partial charge in [-0.15, -0.1) is 11.8 Å². The third-order valence-corrected chi connectivity index (χ3v) is 8.13. The zero-order chi connectivity index (χ0) is 36.0. The van der Waals surface area contributed by atoms with Gasteiger partial charge in [0.05, 0.1) is 45.6 Å². The van der Waals surface area contributed by atoms with Gasteiger partial charge in [-0.05, 0) is 67.6 Å². The van der Waals surface area contributed by atoms with Gasteiger partial charge in [0.15, 0.2) is 0 Å². The Morgan fingerprint density at radius 2 is 1.27 bits per heavy atom. The average Bonchev–Trinajstić information content (AvgIpc) is 3.11. The summed E-state index contributed by atoms with van der Waals surface area (Å²) in [5.74, 6) is -0.140. The Hall–Kier alpha value is -4.32. The van der Waals surface area contributed by atoms with E-state index in [-0.39, 0.29) is 30.9 Å². The first kappa shape index (κ1) is 39.1. The third kappa shape index (κ3) is 11.4. The second-order valence-electron chi connectivity index (χ2n) is 12.0. The average molecular weight is 695 g/mol. The Balaban J connectivity index is 1.88. The molecular formula is C38H46O10S. The van der Waals surface area contributed by atoms with Crippen molar-refractivity contribution in [2.24, 2.45) is 11.3 Å². The highest BCUT2D eigenvalue weighted by molar-refractivity contribution is 7.98. The standard InChI is InChI=1S/C38H46O10S/c1-25(2)35(41)46-19-7-17-44-29-13-9-27(10-14-29)32-21-31(49-6)22-33(34(32)48-37(43)38(5,23-39)24-40)28-11-15-30(16-12-28)45-18-8-20-47-36(42)26(3)4/h9-16,21-22,26,39-40H,1,7-8,17-20,23-24H2,2-6H3. The van der Waals surface area contributed by atoms with Crippen molar-refractivity contribution in [1.82, 2.24) is 0 Å². The van der Waals surface area contributed by atoms with Gasteiger partial charge in [-0.3, -0.25) is 9.59 Å². The first-order chi connectivity index (χ1) is 23.4. The molecule has 0 fully saturated rings. The second kappa shape index (κ2) is 19.0. The quantitative estimate of drug-likeness (QED) is 0.0468. The van der Waals surface area contributed by atoms with E-state index in [1.165, 1.54) is 18.7 Å². The molecule has 0 aliphatic rings. The molecule has 0 amide bonds. The number of hydrogen-bond acceptors (Lipinski definition) is 11. The van der Waals surface area contributed by atoms with E-state index in [1.54, 1.807) is 32.9 Å². The van der Waals surface area contributed by atoms with E-state index in [1.807, 2.05) is 54.8 Å². The van der Waals surface area contributed by atoms with Crippen molar-refractivity contribution in [3.63, 3.8) is 0 Å². The Kier molecular flexibility index (Phi) is 15.2. The van der Waals surface area contributed by atoms with Gasteiger partial charge in [0, 0.05) is 34.4 Å². The van der Waals surface area contributed by atoms with Gasteiger partial charge >= 0.3 is 17.9 Å². The van der Waals surface area contributed by atoms with Crippen molar-refractivity contribution in [2.75, 3.05) is 45.9 Å². The number of ether oxygens (including phenoxy) is 5. The van der Waals surface area contributed by atoms with Gasteiger partial charge < -0.3 is 33.9 Å². The maximum atomic E-state index is 13.4. The van der Waals surface area contributed by atoms with Crippen LogP contribution in [0.5, 0.6) is 17.2 Å². The summed E-state index contributed by atoms with van der Waals surface area (Å²) in [6.45, 7) is 10.1.